The van der Waals surface area contributed by atoms with Gasteiger partial charge in [-0.15, -0.1) is 11.3 Å². The highest BCUT2D eigenvalue weighted by Gasteiger charge is 2.24. The number of rotatable bonds is 4. The van der Waals surface area contributed by atoms with Crippen molar-refractivity contribution in [2.45, 2.75) is 33.1 Å². The first-order valence-corrected chi connectivity index (χ1v) is 10.0. The van der Waals surface area contributed by atoms with E-state index in [9.17, 15) is 9.90 Å². The number of hydrogen-bond donors (Lipinski definition) is 2. The van der Waals surface area contributed by atoms with E-state index in [0.29, 0.717) is 11.5 Å². The van der Waals surface area contributed by atoms with Gasteiger partial charge in [-0.05, 0) is 54.5 Å². The zero-order valence-corrected chi connectivity index (χ0v) is 16.1. The van der Waals surface area contributed by atoms with E-state index in [1.165, 1.54) is 0 Å². The van der Waals surface area contributed by atoms with E-state index >= 15 is 0 Å². The zero-order valence-electron chi connectivity index (χ0n) is 15.3. The van der Waals surface area contributed by atoms with Gasteiger partial charge in [0.15, 0.2) is 5.82 Å². The van der Waals surface area contributed by atoms with E-state index in [-0.39, 0.29) is 17.6 Å². The fourth-order valence-electron chi connectivity index (χ4n) is 3.23. The molecule has 0 saturated carbocycles. The number of nitrogens with one attached hydrogen (secondary N) is 1. The number of phenols is 1. The van der Waals surface area contributed by atoms with Gasteiger partial charge >= 0.3 is 0 Å². The summed E-state index contributed by atoms with van der Waals surface area (Å²) in [6.07, 6.45) is 2.30. The predicted molar refractivity (Wildman–Crippen MR) is 108 cm³/mol. The standard InChI is InChI=1S/C21H21N3O2S/c1-3-12(2)21(26)24-20-19(17-5-4-10-27-17)23-18-15-8-7-14(25)11-13(15)6-9-16(18)22-20/h4-5,7-8,10-12,25H,3,6,9H2,1-2H3,(H,22,24,26). The van der Waals surface area contributed by atoms with Crippen LogP contribution in [0, 0.1) is 5.92 Å². The van der Waals surface area contributed by atoms with Crippen molar-refractivity contribution in [2.75, 3.05) is 5.32 Å². The Morgan fingerprint density at radius 1 is 1.26 bits per heavy atom. The number of benzene rings is 1. The lowest BCUT2D eigenvalue weighted by Gasteiger charge is -2.21. The Kier molecular flexibility index (Phi) is 4.66. The maximum Gasteiger partial charge on any atom is 0.228 e. The highest BCUT2D eigenvalue weighted by Crippen LogP contribution is 2.38. The highest BCUT2D eigenvalue weighted by atomic mass is 32.1. The molecule has 2 N–H and O–H groups in total. The largest absolute Gasteiger partial charge is 0.508 e. The molecule has 2 aromatic heterocycles. The molecule has 0 radical (unpaired) electrons. The van der Waals surface area contributed by atoms with Gasteiger partial charge in [0.1, 0.15) is 11.4 Å². The number of fused-ring (bicyclic) bond motifs is 3. The number of anilines is 1. The van der Waals surface area contributed by atoms with Crippen molar-refractivity contribution in [1.29, 1.82) is 0 Å². The summed E-state index contributed by atoms with van der Waals surface area (Å²) >= 11 is 1.57. The van der Waals surface area contributed by atoms with E-state index in [1.54, 1.807) is 23.5 Å². The minimum absolute atomic E-state index is 0.0364. The van der Waals surface area contributed by atoms with Crippen LogP contribution in [0.3, 0.4) is 0 Å². The number of aryl methyl sites for hydroxylation is 2. The van der Waals surface area contributed by atoms with Crippen molar-refractivity contribution < 1.29 is 9.90 Å². The van der Waals surface area contributed by atoms with Crippen LogP contribution in [0.5, 0.6) is 5.75 Å². The molecule has 138 valence electrons. The first-order chi connectivity index (χ1) is 13.1. The van der Waals surface area contributed by atoms with Crippen LogP contribution in [-0.4, -0.2) is 21.0 Å². The summed E-state index contributed by atoms with van der Waals surface area (Å²) in [7, 11) is 0. The molecule has 4 rings (SSSR count). The summed E-state index contributed by atoms with van der Waals surface area (Å²) in [6.45, 7) is 3.91. The second-order valence-electron chi connectivity index (χ2n) is 6.83. The van der Waals surface area contributed by atoms with Crippen molar-refractivity contribution in [1.82, 2.24) is 9.97 Å². The van der Waals surface area contributed by atoms with Gasteiger partial charge in [0.2, 0.25) is 5.91 Å². The number of aromatic nitrogens is 2. The molecular weight excluding hydrogens is 358 g/mol. The molecule has 0 saturated heterocycles. The monoisotopic (exact) mass is 379 g/mol. The average Bonchev–Trinajstić information content (AvgIpc) is 3.20. The smallest absolute Gasteiger partial charge is 0.228 e. The molecule has 27 heavy (non-hydrogen) atoms. The van der Waals surface area contributed by atoms with Gasteiger partial charge in [0, 0.05) is 11.5 Å². The van der Waals surface area contributed by atoms with Crippen LogP contribution < -0.4 is 5.32 Å². The molecular formula is C21H21N3O2S. The Hall–Kier alpha value is -2.73. The van der Waals surface area contributed by atoms with E-state index in [2.05, 4.69) is 5.32 Å². The maximum atomic E-state index is 12.5. The summed E-state index contributed by atoms with van der Waals surface area (Å²) in [6, 6.07) is 9.32. The summed E-state index contributed by atoms with van der Waals surface area (Å²) in [5.41, 5.74) is 4.49. The van der Waals surface area contributed by atoms with Crippen molar-refractivity contribution >= 4 is 23.1 Å². The van der Waals surface area contributed by atoms with Crippen molar-refractivity contribution in [3.8, 4) is 27.6 Å². The van der Waals surface area contributed by atoms with Crippen molar-refractivity contribution in [3.63, 3.8) is 0 Å². The molecule has 0 aliphatic heterocycles. The number of amides is 1. The summed E-state index contributed by atoms with van der Waals surface area (Å²) in [5, 5.41) is 14.8. The second-order valence-corrected chi connectivity index (χ2v) is 7.78. The Morgan fingerprint density at radius 2 is 2.11 bits per heavy atom. The van der Waals surface area contributed by atoms with Gasteiger partial charge in [-0.25, -0.2) is 9.97 Å². The molecule has 2 heterocycles. The third-order valence-electron chi connectivity index (χ3n) is 5.00. The fourth-order valence-corrected chi connectivity index (χ4v) is 3.94. The van der Waals surface area contributed by atoms with Crippen LogP contribution in [-0.2, 0) is 17.6 Å². The third kappa shape index (κ3) is 3.32. The highest BCUT2D eigenvalue weighted by molar-refractivity contribution is 7.13. The molecule has 1 unspecified atom stereocenters. The number of hydrogen-bond acceptors (Lipinski definition) is 5. The van der Waals surface area contributed by atoms with E-state index in [4.69, 9.17) is 9.97 Å². The average molecular weight is 379 g/mol. The summed E-state index contributed by atoms with van der Waals surface area (Å²) < 4.78 is 0. The molecule has 6 heteroatoms. The van der Waals surface area contributed by atoms with Crippen LogP contribution in [0.4, 0.5) is 5.82 Å². The molecule has 1 amide bonds. The minimum Gasteiger partial charge on any atom is -0.508 e. The number of carbonyl (C=O) groups is 1. The molecule has 1 aliphatic rings. The minimum atomic E-state index is -0.0808. The lowest BCUT2D eigenvalue weighted by molar-refractivity contribution is -0.119. The molecule has 5 nitrogen and oxygen atoms in total. The normalized spacial score (nSPS) is 13.6. The zero-order chi connectivity index (χ0) is 19.0. The molecule has 0 bridgehead atoms. The Labute approximate surface area is 162 Å². The van der Waals surface area contributed by atoms with E-state index in [0.717, 1.165) is 46.7 Å². The van der Waals surface area contributed by atoms with Gasteiger partial charge in [0.25, 0.3) is 0 Å². The molecule has 1 atom stereocenters. The Bertz CT molecular complexity index is 999. The number of aromatic hydroxyl groups is 1. The van der Waals surface area contributed by atoms with Gasteiger partial charge in [0.05, 0.1) is 16.3 Å². The Morgan fingerprint density at radius 3 is 2.85 bits per heavy atom. The predicted octanol–water partition coefficient (Wildman–Crippen LogP) is 4.66. The van der Waals surface area contributed by atoms with Crippen LogP contribution in [0.15, 0.2) is 35.7 Å². The van der Waals surface area contributed by atoms with Gasteiger partial charge in [-0.1, -0.05) is 19.9 Å². The van der Waals surface area contributed by atoms with Crippen LogP contribution in [0.25, 0.3) is 21.8 Å². The molecule has 0 spiro atoms. The lowest BCUT2D eigenvalue weighted by atomic mass is 9.91. The summed E-state index contributed by atoms with van der Waals surface area (Å²) in [4.78, 5) is 23.1. The third-order valence-corrected chi connectivity index (χ3v) is 5.88. The lowest BCUT2D eigenvalue weighted by Crippen LogP contribution is -2.22. The number of phenolic OH excluding ortho intramolecular Hbond substituents is 1. The molecule has 1 aliphatic carbocycles. The van der Waals surface area contributed by atoms with Crippen molar-refractivity contribution in [2.24, 2.45) is 5.92 Å². The quantitative estimate of drug-likeness (QED) is 0.691. The second kappa shape index (κ2) is 7.12. The molecule has 3 aromatic rings. The van der Waals surface area contributed by atoms with Gasteiger partial charge in [-0.2, -0.15) is 0 Å². The first kappa shape index (κ1) is 17.7. The van der Waals surface area contributed by atoms with Crippen LogP contribution in [0.2, 0.25) is 0 Å². The van der Waals surface area contributed by atoms with E-state index < -0.39 is 0 Å². The SMILES string of the molecule is CCC(C)C(=O)Nc1nc2c(nc1-c1cccs1)-c1ccc(O)cc1CC2. The van der Waals surface area contributed by atoms with Gasteiger partial charge in [-0.3, -0.25) is 4.79 Å². The Balaban J connectivity index is 1.84. The van der Waals surface area contributed by atoms with Crippen LogP contribution in [0.1, 0.15) is 31.5 Å². The van der Waals surface area contributed by atoms with Crippen molar-refractivity contribution in [3.05, 3.63) is 47.0 Å². The molecule has 1 aromatic carbocycles. The number of nitrogens with zero attached hydrogens (tertiary/aromatic N) is 2. The summed E-state index contributed by atoms with van der Waals surface area (Å²) in [5.74, 6) is 0.679. The number of carbonyl (C=O) groups excluding carboxylic acids is 1. The van der Waals surface area contributed by atoms with E-state index in [1.807, 2.05) is 37.4 Å². The molecule has 0 fully saturated rings. The van der Waals surface area contributed by atoms with Gasteiger partial charge < -0.3 is 10.4 Å². The first-order valence-electron chi connectivity index (χ1n) is 9.14. The maximum absolute atomic E-state index is 12.5. The van der Waals surface area contributed by atoms with Crippen LogP contribution >= 0.6 is 11.3 Å². The topological polar surface area (TPSA) is 75.1 Å². The fraction of sp³-hybridized carbons (Fsp3) is 0.286. The number of thiophene rings is 1.